The molecule has 0 radical (unpaired) electrons. The molecule has 0 saturated carbocycles. The minimum absolute atomic E-state index is 0.635. The number of thioether (sulfide) groups is 1. The highest BCUT2D eigenvalue weighted by Gasteiger charge is 2.17. The highest BCUT2D eigenvalue weighted by atomic mass is 32.2. The van der Waals surface area contributed by atoms with Crippen LogP contribution in [0.3, 0.4) is 0 Å². The monoisotopic (exact) mass is 299 g/mol. The molecule has 0 spiro atoms. The molecule has 1 aliphatic rings. The second-order valence-electron chi connectivity index (χ2n) is 4.82. The van der Waals surface area contributed by atoms with Crippen molar-refractivity contribution >= 4 is 11.8 Å². The van der Waals surface area contributed by atoms with Gasteiger partial charge in [0, 0.05) is 12.7 Å². The lowest BCUT2D eigenvalue weighted by Gasteiger charge is -2.21. The number of aromatic nitrogens is 2. The Hall–Kier alpha value is -0.480. The largest absolute Gasteiger partial charge is 0.303 e. The van der Waals surface area contributed by atoms with E-state index in [-0.39, 0.29) is 0 Å². The molecule has 0 amide bonds. The van der Waals surface area contributed by atoms with E-state index in [9.17, 15) is 0 Å². The summed E-state index contributed by atoms with van der Waals surface area (Å²) in [7, 11) is 4.19. The molecule has 2 heterocycles. The highest BCUT2D eigenvalue weighted by Crippen LogP contribution is 2.27. The molecule has 118 valence electrons. The fourth-order valence-electron chi connectivity index (χ4n) is 2.11. The van der Waals surface area contributed by atoms with E-state index in [1.165, 1.54) is 35.6 Å². The van der Waals surface area contributed by atoms with Crippen molar-refractivity contribution in [1.82, 2.24) is 14.7 Å². The Balaban J connectivity index is 0.000000829. The summed E-state index contributed by atoms with van der Waals surface area (Å²) >= 11 is 2.07. The van der Waals surface area contributed by atoms with E-state index in [2.05, 4.69) is 48.6 Å². The van der Waals surface area contributed by atoms with Gasteiger partial charge < -0.3 is 4.90 Å². The van der Waals surface area contributed by atoms with Crippen LogP contribution in [0.2, 0.25) is 0 Å². The Morgan fingerprint density at radius 3 is 2.25 bits per heavy atom. The summed E-state index contributed by atoms with van der Waals surface area (Å²) < 4.78 is 2.20. The fraction of sp³-hybridized carbons (Fsp3) is 0.812. The van der Waals surface area contributed by atoms with E-state index in [0.717, 1.165) is 6.54 Å². The zero-order valence-electron chi connectivity index (χ0n) is 14.4. The van der Waals surface area contributed by atoms with Crippen LogP contribution in [0.4, 0.5) is 0 Å². The maximum Gasteiger partial charge on any atom is 0.0793 e. The Morgan fingerprint density at radius 1 is 1.20 bits per heavy atom. The summed E-state index contributed by atoms with van der Waals surface area (Å²) in [5, 5.41) is 4.74. The number of nitrogens with zero attached hydrogens (tertiary/aromatic N) is 3. The van der Waals surface area contributed by atoms with Gasteiger partial charge in [0.2, 0.25) is 0 Å². The van der Waals surface area contributed by atoms with Gasteiger partial charge in [0.25, 0.3) is 0 Å². The molecule has 1 aromatic rings. The van der Waals surface area contributed by atoms with E-state index in [0.29, 0.717) is 6.04 Å². The number of hydrogen-bond acceptors (Lipinski definition) is 3. The summed E-state index contributed by atoms with van der Waals surface area (Å²) in [6.07, 6.45) is 4.76. The predicted octanol–water partition coefficient (Wildman–Crippen LogP) is 4.37. The maximum absolute atomic E-state index is 4.74. The molecule has 0 atom stereocenters. The zero-order valence-corrected chi connectivity index (χ0v) is 15.3. The molecule has 2 rings (SSSR count). The normalized spacial score (nSPS) is 15.2. The molecule has 1 fully saturated rings. The molecule has 0 N–H and O–H groups in total. The lowest BCUT2D eigenvalue weighted by atomic mass is 10.2. The van der Waals surface area contributed by atoms with Crippen LogP contribution in [0.15, 0.2) is 6.20 Å². The highest BCUT2D eigenvalue weighted by molar-refractivity contribution is 7.99. The average Bonchev–Trinajstić information content (AvgIpc) is 2.85. The molecule has 20 heavy (non-hydrogen) atoms. The van der Waals surface area contributed by atoms with Gasteiger partial charge in [0.05, 0.1) is 11.7 Å². The lowest BCUT2D eigenvalue weighted by molar-refractivity contribution is 0.381. The first-order chi connectivity index (χ1) is 9.66. The van der Waals surface area contributed by atoms with Crippen LogP contribution in [0.25, 0.3) is 0 Å². The van der Waals surface area contributed by atoms with Crippen molar-refractivity contribution in [3.05, 3.63) is 17.5 Å². The van der Waals surface area contributed by atoms with E-state index >= 15 is 0 Å². The van der Waals surface area contributed by atoms with Crippen molar-refractivity contribution < 1.29 is 0 Å². The number of hydrogen-bond donors (Lipinski definition) is 0. The van der Waals surface area contributed by atoms with Crippen molar-refractivity contribution in [2.75, 3.05) is 25.6 Å². The third kappa shape index (κ3) is 6.31. The summed E-state index contributed by atoms with van der Waals surface area (Å²) in [5.74, 6) is 2.57. The zero-order chi connectivity index (χ0) is 15.5. The van der Waals surface area contributed by atoms with Gasteiger partial charge in [-0.05, 0) is 50.9 Å². The SMILES string of the molecule is CC.CC.Cc1cn(C2CCSCC2)nc1CN(C)C. The predicted molar refractivity (Wildman–Crippen MR) is 92.6 cm³/mol. The first-order valence-electron chi connectivity index (χ1n) is 7.94. The van der Waals surface area contributed by atoms with Gasteiger partial charge in [-0.25, -0.2) is 0 Å². The summed E-state index contributed by atoms with van der Waals surface area (Å²) in [6.45, 7) is 11.1. The van der Waals surface area contributed by atoms with Gasteiger partial charge in [-0.15, -0.1) is 0 Å². The lowest BCUT2D eigenvalue weighted by Crippen LogP contribution is -2.17. The molecular weight excluding hydrogens is 266 g/mol. The first kappa shape index (κ1) is 19.5. The molecule has 1 saturated heterocycles. The van der Waals surface area contributed by atoms with Gasteiger partial charge in [-0.1, -0.05) is 27.7 Å². The van der Waals surface area contributed by atoms with E-state index in [4.69, 9.17) is 5.10 Å². The molecule has 1 aromatic heterocycles. The quantitative estimate of drug-likeness (QED) is 0.827. The summed E-state index contributed by atoms with van der Waals surface area (Å²) in [6, 6.07) is 0.635. The van der Waals surface area contributed by atoms with Crippen molar-refractivity contribution in [2.45, 2.75) is 60.0 Å². The van der Waals surface area contributed by atoms with E-state index in [1.54, 1.807) is 0 Å². The molecule has 0 aromatic carbocycles. The smallest absolute Gasteiger partial charge is 0.0793 e. The maximum atomic E-state index is 4.74. The van der Waals surface area contributed by atoms with Crippen LogP contribution >= 0.6 is 11.8 Å². The van der Waals surface area contributed by atoms with Crippen LogP contribution in [0.1, 0.15) is 57.8 Å². The number of rotatable bonds is 3. The van der Waals surface area contributed by atoms with Crippen LogP contribution in [-0.2, 0) is 6.54 Å². The van der Waals surface area contributed by atoms with Gasteiger partial charge in [-0.3, -0.25) is 4.68 Å². The van der Waals surface area contributed by atoms with Gasteiger partial charge in [0.15, 0.2) is 0 Å². The van der Waals surface area contributed by atoms with E-state index < -0.39 is 0 Å². The molecule has 0 unspecified atom stereocenters. The fourth-order valence-corrected chi connectivity index (χ4v) is 3.19. The Morgan fingerprint density at radius 2 is 1.75 bits per heavy atom. The Kier molecular flexibility index (Phi) is 10.9. The first-order valence-corrected chi connectivity index (χ1v) is 9.09. The van der Waals surface area contributed by atoms with Crippen LogP contribution in [0, 0.1) is 6.92 Å². The van der Waals surface area contributed by atoms with Crippen molar-refractivity contribution in [3.63, 3.8) is 0 Å². The van der Waals surface area contributed by atoms with Gasteiger partial charge >= 0.3 is 0 Å². The number of aryl methyl sites for hydroxylation is 1. The molecule has 4 heteroatoms. The van der Waals surface area contributed by atoms with Crippen molar-refractivity contribution in [2.24, 2.45) is 0 Å². The van der Waals surface area contributed by atoms with Gasteiger partial charge in [0.1, 0.15) is 0 Å². The second-order valence-corrected chi connectivity index (χ2v) is 6.04. The Labute approximate surface area is 130 Å². The average molecular weight is 300 g/mol. The summed E-state index contributed by atoms with van der Waals surface area (Å²) in [4.78, 5) is 2.18. The van der Waals surface area contributed by atoms with E-state index in [1.807, 2.05) is 27.7 Å². The summed E-state index contributed by atoms with van der Waals surface area (Å²) in [5.41, 5.74) is 2.55. The standard InChI is InChI=1S/C12H21N3S.2C2H6/c1-10-8-15(11-4-6-16-7-5-11)13-12(10)9-14(2)3;2*1-2/h8,11H,4-7,9H2,1-3H3;2*1-2H3. The van der Waals surface area contributed by atoms with Gasteiger partial charge in [-0.2, -0.15) is 16.9 Å². The molecule has 1 aliphatic heterocycles. The topological polar surface area (TPSA) is 21.1 Å². The minimum Gasteiger partial charge on any atom is -0.303 e. The minimum atomic E-state index is 0.635. The molecule has 0 bridgehead atoms. The van der Waals surface area contributed by atoms with Crippen LogP contribution in [-0.4, -0.2) is 40.3 Å². The molecule has 0 aliphatic carbocycles. The molecular formula is C16H33N3S. The van der Waals surface area contributed by atoms with Crippen LogP contribution < -0.4 is 0 Å². The van der Waals surface area contributed by atoms with Crippen LogP contribution in [0.5, 0.6) is 0 Å². The van der Waals surface area contributed by atoms with Crippen molar-refractivity contribution in [1.29, 1.82) is 0 Å². The Bertz CT molecular complexity index is 341. The second kappa shape index (κ2) is 11.2. The third-order valence-electron chi connectivity index (χ3n) is 3.05. The molecule has 3 nitrogen and oxygen atoms in total. The third-order valence-corrected chi connectivity index (χ3v) is 4.10. The van der Waals surface area contributed by atoms with Crippen molar-refractivity contribution in [3.8, 4) is 0 Å².